The maximum Gasteiger partial charge on any atom is 0.257 e. The minimum atomic E-state index is -3.87. The number of rotatable bonds is 4. The zero-order valence-electron chi connectivity index (χ0n) is 13.3. The molecule has 25 heavy (non-hydrogen) atoms. The molecule has 0 aliphatic rings. The SMILES string of the molecule is Cc1ccc(S(N)(=O)=O)cc1C(=O)Nc1ncc(-c2ccccc2)s1. The maximum atomic E-state index is 12.5. The molecule has 0 unspecified atom stereocenters. The number of benzene rings is 2. The lowest BCUT2D eigenvalue weighted by molar-refractivity contribution is 0.102. The van der Waals surface area contributed by atoms with E-state index in [4.69, 9.17) is 5.14 Å². The smallest absolute Gasteiger partial charge is 0.257 e. The number of aryl methyl sites for hydroxylation is 1. The van der Waals surface area contributed by atoms with E-state index >= 15 is 0 Å². The van der Waals surface area contributed by atoms with Crippen LogP contribution in [0.3, 0.4) is 0 Å². The number of primary sulfonamides is 1. The first-order valence-corrected chi connectivity index (χ1v) is 9.67. The lowest BCUT2D eigenvalue weighted by atomic mass is 10.1. The van der Waals surface area contributed by atoms with Crippen molar-refractivity contribution in [3.63, 3.8) is 0 Å². The highest BCUT2D eigenvalue weighted by Gasteiger charge is 2.16. The van der Waals surface area contributed by atoms with Gasteiger partial charge in [0.05, 0.1) is 9.77 Å². The van der Waals surface area contributed by atoms with Gasteiger partial charge in [0.2, 0.25) is 10.0 Å². The Bertz CT molecular complexity index is 1030. The second-order valence-electron chi connectivity index (χ2n) is 5.37. The number of nitrogens with zero attached hydrogens (tertiary/aromatic N) is 1. The molecule has 0 atom stereocenters. The second-order valence-corrected chi connectivity index (χ2v) is 7.96. The topological polar surface area (TPSA) is 102 Å². The van der Waals surface area contributed by atoms with Gasteiger partial charge in [0.1, 0.15) is 0 Å². The first kappa shape index (κ1) is 17.3. The Hall–Kier alpha value is -2.55. The van der Waals surface area contributed by atoms with Crippen molar-refractivity contribution in [1.29, 1.82) is 0 Å². The summed E-state index contributed by atoms with van der Waals surface area (Å²) in [4.78, 5) is 17.5. The number of hydrogen-bond acceptors (Lipinski definition) is 5. The third-order valence-electron chi connectivity index (χ3n) is 3.57. The van der Waals surface area contributed by atoms with E-state index in [0.717, 1.165) is 10.4 Å². The summed E-state index contributed by atoms with van der Waals surface area (Å²) >= 11 is 1.34. The highest BCUT2D eigenvalue weighted by atomic mass is 32.2. The van der Waals surface area contributed by atoms with E-state index in [0.29, 0.717) is 10.7 Å². The van der Waals surface area contributed by atoms with Crippen molar-refractivity contribution in [3.05, 3.63) is 65.9 Å². The van der Waals surface area contributed by atoms with Gasteiger partial charge in [-0.1, -0.05) is 47.7 Å². The van der Waals surface area contributed by atoms with Gasteiger partial charge in [-0.2, -0.15) is 0 Å². The Kier molecular flexibility index (Phi) is 4.67. The Morgan fingerprint density at radius 2 is 1.88 bits per heavy atom. The van der Waals surface area contributed by atoms with Gasteiger partial charge in [-0.3, -0.25) is 10.1 Å². The number of amides is 1. The maximum absolute atomic E-state index is 12.5. The fourth-order valence-electron chi connectivity index (χ4n) is 2.25. The van der Waals surface area contributed by atoms with E-state index < -0.39 is 15.9 Å². The standard InChI is InChI=1S/C17H15N3O3S2/c1-11-7-8-13(25(18,22)23)9-14(11)16(21)20-17-19-10-15(24-17)12-5-3-2-4-6-12/h2-10H,1H3,(H2,18,22,23)(H,19,20,21). The number of thiazole rings is 1. The number of aromatic nitrogens is 1. The van der Waals surface area contributed by atoms with E-state index in [9.17, 15) is 13.2 Å². The average Bonchev–Trinajstić information content (AvgIpc) is 3.03. The lowest BCUT2D eigenvalue weighted by Crippen LogP contribution is -2.16. The molecular weight excluding hydrogens is 358 g/mol. The van der Waals surface area contributed by atoms with Gasteiger partial charge < -0.3 is 0 Å². The van der Waals surface area contributed by atoms with Crippen LogP contribution in [0.15, 0.2) is 59.6 Å². The molecule has 0 bridgehead atoms. The molecule has 0 saturated carbocycles. The molecule has 3 aromatic rings. The molecule has 0 radical (unpaired) electrons. The second kappa shape index (κ2) is 6.75. The lowest BCUT2D eigenvalue weighted by Gasteiger charge is -2.07. The molecular formula is C17H15N3O3S2. The number of nitrogens with one attached hydrogen (secondary N) is 1. The zero-order valence-corrected chi connectivity index (χ0v) is 14.9. The first-order valence-electron chi connectivity index (χ1n) is 7.30. The highest BCUT2D eigenvalue weighted by Crippen LogP contribution is 2.29. The molecule has 3 rings (SSSR count). The quantitative estimate of drug-likeness (QED) is 0.734. The van der Waals surface area contributed by atoms with Crippen molar-refractivity contribution in [1.82, 2.24) is 4.98 Å². The van der Waals surface area contributed by atoms with Crippen LogP contribution in [-0.4, -0.2) is 19.3 Å². The van der Waals surface area contributed by atoms with Gasteiger partial charge >= 0.3 is 0 Å². The van der Waals surface area contributed by atoms with Crippen LogP contribution in [-0.2, 0) is 10.0 Å². The number of carbonyl (C=O) groups is 1. The van der Waals surface area contributed by atoms with E-state index in [1.54, 1.807) is 19.2 Å². The van der Waals surface area contributed by atoms with E-state index in [1.807, 2.05) is 30.3 Å². The van der Waals surface area contributed by atoms with Gasteiger partial charge in [-0.05, 0) is 30.2 Å². The summed E-state index contributed by atoms with van der Waals surface area (Å²) in [6.07, 6.45) is 1.68. The van der Waals surface area contributed by atoms with Gasteiger partial charge in [0.25, 0.3) is 5.91 Å². The van der Waals surface area contributed by atoms with Crippen LogP contribution >= 0.6 is 11.3 Å². The summed E-state index contributed by atoms with van der Waals surface area (Å²) in [7, 11) is -3.87. The van der Waals surface area contributed by atoms with E-state index in [2.05, 4.69) is 10.3 Å². The van der Waals surface area contributed by atoms with Crippen LogP contribution in [0.2, 0.25) is 0 Å². The Balaban J connectivity index is 1.85. The third kappa shape index (κ3) is 3.93. The summed E-state index contributed by atoms with van der Waals surface area (Å²) in [6, 6.07) is 13.9. The number of carbonyl (C=O) groups excluding carboxylic acids is 1. The van der Waals surface area contributed by atoms with Gasteiger partial charge in [-0.25, -0.2) is 18.5 Å². The number of sulfonamides is 1. The highest BCUT2D eigenvalue weighted by molar-refractivity contribution is 7.89. The van der Waals surface area contributed by atoms with Crippen molar-refractivity contribution in [2.45, 2.75) is 11.8 Å². The van der Waals surface area contributed by atoms with Crippen molar-refractivity contribution in [3.8, 4) is 10.4 Å². The van der Waals surface area contributed by atoms with Crippen LogP contribution < -0.4 is 10.5 Å². The summed E-state index contributed by atoms with van der Waals surface area (Å²) in [5.41, 5.74) is 1.89. The molecule has 3 N–H and O–H groups in total. The molecule has 1 heterocycles. The summed E-state index contributed by atoms with van der Waals surface area (Å²) < 4.78 is 22.9. The molecule has 1 amide bonds. The monoisotopic (exact) mass is 373 g/mol. The molecule has 1 aromatic heterocycles. The molecule has 128 valence electrons. The van der Waals surface area contributed by atoms with Crippen LogP contribution in [0, 0.1) is 6.92 Å². The van der Waals surface area contributed by atoms with Gasteiger partial charge in [0.15, 0.2) is 5.13 Å². The van der Waals surface area contributed by atoms with Crippen LogP contribution in [0.25, 0.3) is 10.4 Å². The molecule has 6 nitrogen and oxygen atoms in total. The van der Waals surface area contributed by atoms with Gasteiger partial charge in [-0.15, -0.1) is 0 Å². The van der Waals surface area contributed by atoms with Crippen molar-refractivity contribution in [2.24, 2.45) is 5.14 Å². The fourth-order valence-corrected chi connectivity index (χ4v) is 3.61. The average molecular weight is 373 g/mol. The largest absolute Gasteiger partial charge is 0.298 e. The molecule has 0 fully saturated rings. The normalized spacial score (nSPS) is 11.3. The molecule has 8 heteroatoms. The predicted molar refractivity (Wildman–Crippen MR) is 98.1 cm³/mol. The minimum absolute atomic E-state index is 0.104. The number of nitrogens with two attached hydrogens (primary N) is 1. The van der Waals surface area contributed by atoms with Crippen LogP contribution in [0.5, 0.6) is 0 Å². The summed E-state index contributed by atoms with van der Waals surface area (Å²) in [6.45, 7) is 1.72. The Morgan fingerprint density at radius 1 is 1.16 bits per heavy atom. The minimum Gasteiger partial charge on any atom is -0.298 e. The molecule has 0 aliphatic heterocycles. The van der Waals surface area contributed by atoms with Crippen LogP contribution in [0.4, 0.5) is 5.13 Å². The van der Waals surface area contributed by atoms with Crippen molar-refractivity contribution in [2.75, 3.05) is 5.32 Å². The molecule has 0 spiro atoms. The van der Waals surface area contributed by atoms with Crippen molar-refractivity contribution >= 4 is 32.4 Å². The van der Waals surface area contributed by atoms with Crippen molar-refractivity contribution < 1.29 is 13.2 Å². The summed E-state index contributed by atoms with van der Waals surface area (Å²) in [5, 5.41) is 8.26. The third-order valence-corrected chi connectivity index (χ3v) is 5.44. The molecule has 0 saturated heterocycles. The number of anilines is 1. The predicted octanol–water partition coefficient (Wildman–Crippen LogP) is 3.02. The molecule has 0 aliphatic carbocycles. The van der Waals surface area contributed by atoms with E-state index in [-0.39, 0.29) is 10.5 Å². The fraction of sp³-hybridized carbons (Fsp3) is 0.0588. The number of hydrogen-bond donors (Lipinski definition) is 2. The Labute approximate surface area is 149 Å². The summed E-state index contributed by atoms with van der Waals surface area (Å²) in [5.74, 6) is -0.433. The zero-order chi connectivity index (χ0) is 18.0. The van der Waals surface area contributed by atoms with Crippen LogP contribution in [0.1, 0.15) is 15.9 Å². The van der Waals surface area contributed by atoms with E-state index in [1.165, 1.54) is 23.5 Å². The first-order chi connectivity index (χ1) is 11.8. The molecule has 2 aromatic carbocycles. The van der Waals surface area contributed by atoms with Gasteiger partial charge in [0, 0.05) is 11.8 Å². The Morgan fingerprint density at radius 3 is 2.56 bits per heavy atom.